The number of rotatable bonds is 3. The first-order chi connectivity index (χ1) is 7.70. The average molecular weight is 240 g/mol. The van der Waals surface area contributed by atoms with Gasteiger partial charge in [-0.25, -0.2) is 4.98 Å². The van der Waals surface area contributed by atoms with Crippen LogP contribution in [-0.2, 0) is 6.54 Å². The van der Waals surface area contributed by atoms with Crippen molar-refractivity contribution in [1.29, 1.82) is 0 Å². The molecule has 0 aliphatic carbocycles. The van der Waals surface area contributed by atoms with E-state index < -0.39 is 0 Å². The smallest absolute Gasteiger partial charge is 0.185 e. The third-order valence-electron chi connectivity index (χ3n) is 3.20. The van der Waals surface area contributed by atoms with E-state index in [1.807, 2.05) is 0 Å². The fourth-order valence-electron chi connectivity index (χ4n) is 2.16. The Hall–Kier alpha value is -0.650. The first kappa shape index (κ1) is 11.8. The molecular formula is C11H20N4S. The van der Waals surface area contributed by atoms with Crippen LogP contribution in [0.2, 0.25) is 0 Å². The predicted molar refractivity (Wildman–Crippen MR) is 68.9 cm³/mol. The van der Waals surface area contributed by atoms with Crippen molar-refractivity contribution in [1.82, 2.24) is 9.88 Å². The molecule has 0 radical (unpaired) electrons. The third-order valence-corrected chi connectivity index (χ3v) is 4.18. The van der Waals surface area contributed by atoms with Gasteiger partial charge in [0.15, 0.2) is 5.13 Å². The zero-order valence-corrected chi connectivity index (χ0v) is 10.8. The van der Waals surface area contributed by atoms with E-state index in [1.54, 1.807) is 11.3 Å². The van der Waals surface area contributed by atoms with Gasteiger partial charge in [0, 0.05) is 31.6 Å². The maximum absolute atomic E-state index is 5.58. The van der Waals surface area contributed by atoms with Gasteiger partial charge < -0.3 is 15.5 Å². The van der Waals surface area contributed by atoms with Crippen LogP contribution in [-0.4, -0.2) is 43.1 Å². The lowest BCUT2D eigenvalue weighted by molar-refractivity contribution is 0.248. The number of nitrogens with two attached hydrogens (primary N) is 1. The number of likely N-dealkylation sites (N-methyl/N-ethyl adjacent to an activating group) is 2. The summed E-state index contributed by atoms with van der Waals surface area (Å²) in [6.45, 7) is 2.89. The van der Waals surface area contributed by atoms with E-state index in [0.29, 0.717) is 12.6 Å². The number of piperidine rings is 1. The second-order valence-corrected chi connectivity index (χ2v) is 5.33. The van der Waals surface area contributed by atoms with Crippen molar-refractivity contribution >= 4 is 16.5 Å². The highest BCUT2D eigenvalue weighted by atomic mass is 32.1. The first-order valence-corrected chi connectivity index (χ1v) is 6.64. The molecule has 1 atom stereocenters. The van der Waals surface area contributed by atoms with Gasteiger partial charge in [0.25, 0.3) is 0 Å². The number of aromatic nitrogens is 1. The molecule has 16 heavy (non-hydrogen) atoms. The van der Waals surface area contributed by atoms with Crippen molar-refractivity contribution in [2.75, 3.05) is 32.1 Å². The average Bonchev–Trinajstić information content (AvgIpc) is 2.76. The maximum Gasteiger partial charge on any atom is 0.185 e. The number of anilines is 1. The largest absolute Gasteiger partial charge is 0.347 e. The molecule has 0 spiro atoms. The van der Waals surface area contributed by atoms with Gasteiger partial charge in [-0.3, -0.25) is 0 Å². The molecule has 5 heteroatoms. The lowest BCUT2D eigenvalue weighted by Crippen LogP contribution is -2.45. The summed E-state index contributed by atoms with van der Waals surface area (Å²) < 4.78 is 0. The van der Waals surface area contributed by atoms with E-state index in [9.17, 15) is 0 Å². The van der Waals surface area contributed by atoms with Crippen LogP contribution in [0.4, 0.5) is 5.13 Å². The Balaban J connectivity index is 2.02. The van der Waals surface area contributed by atoms with Crippen LogP contribution >= 0.6 is 11.3 Å². The summed E-state index contributed by atoms with van der Waals surface area (Å²) in [5, 5.41) is 3.15. The molecule has 1 aromatic heterocycles. The monoisotopic (exact) mass is 240 g/mol. The molecule has 2 rings (SSSR count). The summed E-state index contributed by atoms with van der Waals surface area (Å²) in [6, 6.07) is 0.593. The molecule has 0 aromatic carbocycles. The summed E-state index contributed by atoms with van der Waals surface area (Å²) in [6.07, 6.45) is 2.54. The van der Waals surface area contributed by atoms with Gasteiger partial charge in [-0.2, -0.15) is 0 Å². The Kier molecular flexibility index (Phi) is 3.78. The van der Waals surface area contributed by atoms with E-state index in [2.05, 4.69) is 34.3 Å². The van der Waals surface area contributed by atoms with Crippen LogP contribution in [0.3, 0.4) is 0 Å². The minimum atomic E-state index is 0.537. The minimum absolute atomic E-state index is 0.537. The second-order valence-electron chi connectivity index (χ2n) is 4.49. The molecule has 2 heterocycles. The van der Waals surface area contributed by atoms with E-state index in [1.165, 1.54) is 19.4 Å². The van der Waals surface area contributed by atoms with Crippen molar-refractivity contribution in [2.24, 2.45) is 5.73 Å². The molecule has 1 fully saturated rings. The first-order valence-electron chi connectivity index (χ1n) is 5.76. The zero-order valence-electron chi connectivity index (χ0n) is 10.0. The van der Waals surface area contributed by atoms with E-state index in [4.69, 9.17) is 5.73 Å². The van der Waals surface area contributed by atoms with Crippen LogP contribution in [0.15, 0.2) is 5.38 Å². The summed E-state index contributed by atoms with van der Waals surface area (Å²) in [5.74, 6) is 0. The molecule has 90 valence electrons. The summed E-state index contributed by atoms with van der Waals surface area (Å²) in [5.41, 5.74) is 6.58. The van der Waals surface area contributed by atoms with Crippen molar-refractivity contribution in [3.63, 3.8) is 0 Å². The summed E-state index contributed by atoms with van der Waals surface area (Å²) >= 11 is 1.69. The highest BCUT2D eigenvalue weighted by Crippen LogP contribution is 2.24. The molecule has 4 nitrogen and oxygen atoms in total. The van der Waals surface area contributed by atoms with Crippen molar-refractivity contribution in [2.45, 2.75) is 25.4 Å². The van der Waals surface area contributed by atoms with Gasteiger partial charge >= 0.3 is 0 Å². The number of hydrogen-bond acceptors (Lipinski definition) is 5. The van der Waals surface area contributed by atoms with Crippen molar-refractivity contribution in [3.8, 4) is 0 Å². The Morgan fingerprint density at radius 1 is 1.69 bits per heavy atom. The van der Waals surface area contributed by atoms with Crippen LogP contribution in [0.5, 0.6) is 0 Å². The number of hydrogen-bond donors (Lipinski definition) is 1. The van der Waals surface area contributed by atoms with Crippen LogP contribution < -0.4 is 10.6 Å². The molecule has 2 N–H and O–H groups in total. The fourth-order valence-corrected chi connectivity index (χ4v) is 3.04. The SMILES string of the molecule is CN1CCCC(N(C)c2nc(CN)cs2)C1. The van der Waals surface area contributed by atoms with E-state index >= 15 is 0 Å². The molecule has 1 aromatic rings. The minimum Gasteiger partial charge on any atom is -0.347 e. The van der Waals surface area contributed by atoms with Crippen LogP contribution in [0, 0.1) is 0 Å². The van der Waals surface area contributed by atoms with Crippen molar-refractivity contribution in [3.05, 3.63) is 11.1 Å². The van der Waals surface area contributed by atoms with Crippen LogP contribution in [0.1, 0.15) is 18.5 Å². The van der Waals surface area contributed by atoms with Gasteiger partial charge in [0.1, 0.15) is 0 Å². The number of nitrogens with zero attached hydrogens (tertiary/aromatic N) is 3. The topological polar surface area (TPSA) is 45.4 Å². The Morgan fingerprint density at radius 3 is 3.12 bits per heavy atom. The lowest BCUT2D eigenvalue weighted by Gasteiger charge is -2.35. The fraction of sp³-hybridized carbons (Fsp3) is 0.727. The number of thiazole rings is 1. The normalized spacial score (nSPS) is 22.3. The molecule has 0 amide bonds. The zero-order chi connectivity index (χ0) is 11.5. The molecular weight excluding hydrogens is 220 g/mol. The van der Waals surface area contributed by atoms with Gasteiger partial charge in [-0.15, -0.1) is 11.3 Å². The van der Waals surface area contributed by atoms with E-state index in [0.717, 1.165) is 17.4 Å². The molecule has 0 bridgehead atoms. The van der Waals surface area contributed by atoms with Gasteiger partial charge in [0.2, 0.25) is 0 Å². The molecule has 1 saturated heterocycles. The van der Waals surface area contributed by atoms with Crippen LogP contribution in [0.25, 0.3) is 0 Å². The van der Waals surface area contributed by atoms with Gasteiger partial charge in [0.05, 0.1) is 5.69 Å². The predicted octanol–water partition coefficient (Wildman–Crippen LogP) is 1.13. The molecule has 1 aliphatic rings. The van der Waals surface area contributed by atoms with Gasteiger partial charge in [-0.1, -0.05) is 0 Å². The molecule has 1 aliphatic heterocycles. The Morgan fingerprint density at radius 2 is 2.50 bits per heavy atom. The Bertz CT molecular complexity index is 338. The maximum atomic E-state index is 5.58. The third kappa shape index (κ3) is 2.53. The molecule has 1 unspecified atom stereocenters. The van der Waals surface area contributed by atoms with Gasteiger partial charge in [-0.05, 0) is 26.4 Å². The summed E-state index contributed by atoms with van der Waals surface area (Å²) in [7, 11) is 4.33. The highest BCUT2D eigenvalue weighted by Gasteiger charge is 2.22. The standard InChI is InChI=1S/C11H20N4S/c1-14-5-3-4-10(7-14)15(2)11-13-9(6-12)8-16-11/h8,10H,3-7,12H2,1-2H3. The van der Waals surface area contributed by atoms with E-state index in [-0.39, 0.29) is 0 Å². The van der Waals surface area contributed by atoms with Crippen molar-refractivity contribution < 1.29 is 0 Å². The summed E-state index contributed by atoms with van der Waals surface area (Å²) in [4.78, 5) is 9.23. The lowest BCUT2D eigenvalue weighted by atomic mass is 10.1. The highest BCUT2D eigenvalue weighted by molar-refractivity contribution is 7.13. The Labute approximate surface area is 101 Å². The quantitative estimate of drug-likeness (QED) is 0.860. The second kappa shape index (κ2) is 5.12. The molecule has 0 saturated carbocycles. The number of likely N-dealkylation sites (tertiary alicyclic amines) is 1.